The van der Waals surface area contributed by atoms with Crippen LogP contribution < -0.4 is 10.6 Å². The molecule has 2 atom stereocenters. The summed E-state index contributed by atoms with van der Waals surface area (Å²) < 4.78 is 26.4. The van der Waals surface area contributed by atoms with Crippen LogP contribution in [0.4, 0.5) is 8.78 Å². The van der Waals surface area contributed by atoms with Gasteiger partial charge in [0, 0.05) is 37.7 Å². The summed E-state index contributed by atoms with van der Waals surface area (Å²) >= 11 is 6.26. The number of halogens is 3. The third-order valence-corrected chi connectivity index (χ3v) is 5.23. The van der Waals surface area contributed by atoms with Crippen LogP contribution in [0.1, 0.15) is 17.5 Å². The van der Waals surface area contributed by atoms with Crippen LogP contribution in [0.25, 0.3) is 0 Å². The topological polar surface area (TPSA) is 44.4 Å². The normalized spacial score (nSPS) is 20.0. The fraction of sp³-hybridized carbons (Fsp3) is 0.350. The predicted molar refractivity (Wildman–Crippen MR) is 101 cm³/mol. The Hall–Kier alpha value is -2.02. The molecule has 4 nitrogen and oxygen atoms in total. The lowest BCUT2D eigenvalue weighted by atomic mass is 10.1. The molecule has 2 aromatic carbocycles. The van der Waals surface area contributed by atoms with E-state index in [1.165, 1.54) is 6.07 Å². The zero-order valence-electron chi connectivity index (χ0n) is 15.0. The van der Waals surface area contributed by atoms with Crippen molar-refractivity contribution in [1.29, 1.82) is 0 Å². The summed E-state index contributed by atoms with van der Waals surface area (Å²) in [7, 11) is 1.62. The van der Waals surface area contributed by atoms with Gasteiger partial charge in [-0.2, -0.15) is 0 Å². The van der Waals surface area contributed by atoms with Gasteiger partial charge in [0.25, 0.3) is 0 Å². The average molecular weight is 394 g/mol. The molecule has 1 aliphatic rings. The van der Waals surface area contributed by atoms with Gasteiger partial charge in [-0.15, -0.1) is 0 Å². The van der Waals surface area contributed by atoms with Crippen molar-refractivity contribution in [2.24, 2.45) is 0 Å². The van der Waals surface area contributed by atoms with Crippen LogP contribution >= 0.6 is 11.6 Å². The van der Waals surface area contributed by atoms with Gasteiger partial charge in [-0.1, -0.05) is 35.9 Å². The molecule has 1 fully saturated rings. The molecule has 2 aromatic rings. The summed E-state index contributed by atoms with van der Waals surface area (Å²) in [5, 5.41) is 6.73. The Kier molecular flexibility index (Phi) is 6.42. The number of hydrogen-bond donors (Lipinski definition) is 2. The van der Waals surface area contributed by atoms with Crippen LogP contribution in [0, 0.1) is 11.6 Å². The molecule has 144 valence electrons. The summed E-state index contributed by atoms with van der Waals surface area (Å²) in [6.07, 6.45) is 0.633. The van der Waals surface area contributed by atoms with Gasteiger partial charge in [-0.05, 0) is 35.7 Å². The van der Waals surface area contributed by atoms with Gasteiger partial charge in [0.2, 0.25) is 5.91 Å². The van der Waals surface area contributed by atoms with Crippen molar-refractivity contribution in [2.45, 2.75) is 31.6 Å². The second kappa shape index (κ2) is 8.78. The van der Waals surface area contributed by atoms with Crippen LogP contribution in [0.15, 0.2) is 42.5 Å². The molecule has 1 aliphatic heterocycles. The highest BCUT2D eigenvalue weighted by Gasteiger charge is 2.36. The number of likely N-dealkylation sites (tertiary alicyclic amines) is 1. The van der Waals surface area contributed by atoms with Crippen molar-refractivity contribution in [1.82, 2.24) is 15.5 Å². The quantitative estimate of drug-likeness (QED) is 0.792. The Bertz CT molecular complexity index is 818. The molecule has 2 N–H and O–H groups in total. The Balaban J connectivity index is 1.66. The SMILES string of the molecule is CNC(=O)[C@@H]1C[C@@H](NCc2ccc(F)c(F)c2)CN1Cc1ccccc1Cl. The molecule has 0 aromatic heterocycles. The Labute approximate surface area is 162 Å². The Morgan fingerprint density at radius 3 is 2.70 bits per heavy atom. The van der Waals surface area contributed by atoms with Crippen molar-refractivity contribution in [3.63, 3.8) is 0 Å². The van der Waals surface area contributed by atoms with E-state index in [1.54, 1.807) is 13.1 Å². The summed E-state index contributed by atoms with van der Waals surface area (Å²) in [4.78, 5) is 14.4. The molecule has 7 heteroatoms. The third-order valence-electron chi connectivity index (χ3n) is 4.86. The average Bonchev–Trinajstić information content (AvgIpc) is 3.07. The van der Waals surface area contributed by atoms with Gasteiger partial charge < -0.3 is 10.6 Å². The minimum Gasteiger partial charge on any atom is -0.358 e. The first-order chi connectivity index (χ1) is 13.0. The molecule has 0 aliphatic carbocycles. The fourth-order valence-electron chi connectivity index (χ4n) is 3.42. The second-order valence-corrected chi connectivity index (χ2v) is 7.12. The number of likely N-dealkylation sites (N-methyl/N-ethyl adjacent to an activating group) is 1. The van der Waals surface area contributed by atoms with Crippen LogP contribution in [0.3, 0.4) is 0 Å². The molecule has 0 radical (unpaired) electrons. The maximum absolute atomic E-state index is 13.4. The standard InChI is InChI=1S/C20H22ClF2N3O/c1-24-20(27)19-9-15(25-10-13-6-7-17(22)18(23)8-13)12-26(19)11-14-4-2-3-5-16(14)21/h2-8,15,19,25H,9-12H2,1H3,(H,24,27)/t15-,19+/m1/s1. The largest absolute Gasteiger partial charge is 0.358 e. The lowest BCUT2D eigenvalue weighted by Crippen LogP contribution is -2.41. The first kappa shape index (κ1) is 19.7. The first-order valence-corrected chi connectivity index (χ1v) is 9.22. The molecule has 27 heavy (non-hydrogen) atoms. The highest BCUT2D eigenvalue weighted by atomic mass is 35.5. The summed E-state index contributed by atoms with van der Waals surface area (Å²) in [6.45, 7) is 1.64. The Morgan fingerprint density at radius 1 is 1.22 bits per heavy atom. The summed E-state index contributed by atoms with van der Waals surface area (Å²) in [5.74, 6) is -1.76. The van der Waals surface area contributed by atoms with Gasteiger partial charge in [0.05, 0.1) is 6.04 Å². The molecular formula is C20H22ClF2N3O. The molecule has 3 rings (SSSR count). The third kappa shape index (κ3) is 4.83. The number of rotatable bonds is 6. The zero-order chi connectivity index (χ0) is 19.4. The van der Waals surface area contributed by atoms with E-state index < -0.39 is 11.6 Å². The number of carbonyl (C=O) groups is 1. The minimum absolute atomic E-state index is 0.0424. The number of amides is 1. The molecular weight excluding hydrogens is 372 g/mol. The van der Waals surface area contributed by atoms with Crippen molar-refractivity contribution >= 4 is 17.5 Å². The fourth-order valence-corrected chi connectivity index (χ4v) is 3.62. The van der Waals surface area contributed by atoms with Crippen LogP contribution in [-0.4, -0.2) is 36.5 Å². The van der Waals surface area contributed by atoms with E-state index in [1.807, 2.05) is 24.3 Å². The van der Waals surface area contributed by atoms with Gasteiger partial charge in [0.1, 0.15) is 0 Å². The van der Waals surface area contributed by atoms with E-state index in [9.17, 15) is 13.6 Å². The van der Waals surface area contributed by atoms with Gasteiger partial charge in [0.15, 0.2) is 11.6 Å². The van der Waals surface area contributed by atoms with Crippen LogP contribution in [-0.2, 0) is 17.9 Å². The van der Waals surface area contributed by atoms with Crippen molar-refractivity contribution in [2.75, 3.05) is 13.6 Å². The highest BCUT2D eigenvalue weighted by Crippen LogP contribution is 2.24. The van der Waals surface area contributed by atoms with E-state index in [4.69, 9.17) is 11.6 Å². The van der Waals surface area contributed by atoms with Gasteiger partial charge in [-0.3, -0.25) is 9.69 Å². The van der Waals surface area contributed by atoms with E-state index in [0.717, 1.165) is 11.6 Å². The number of hydrogen-bond acceptors (Lipinski definition) is 3. The van der Waals surface area contributed by atoms with Gasteiger partial charge >= 0.3 is 0 Å². The molecule has 0 saturated carbocycles. The zero-order valence-corrected chi connectivity index (χ0v) is 15.8. The number of benzene rings is 2. The van der Waals surface area contributed by atoms with Crippen LogP contribution in [0.5, 0.6) is 0 Å². The number of nitrogens with zero attached hydrogens (tertiary/aromatic N) is 1. The molecule has 1 heterocycles. The van der Waals surface area contributed by atoms with Crippen molar-refractivity contribution in [3.8, 4) is 0 Å². The highest BCUT2D eigenvalue weighted by molar-refractivity contribution is 6.31. The molecule has 0 bridgehead atoms. The van der Waals surface area contributed by atoms with Crippen LogP contribution in [0.2, 0.25) is 5.02 Å². The molecule has 1 saturated heterocycles. The van der Waals surface area contributed by atoms with Crippen molar-refractivity contribution < 1.29 is 13.6 Å². The van der Waals surface area contributed by atoms with Crippen molar-refractivity contribution in [3.05, 3.63) is 70.2 Å². The lowest BCUT2D eigenvalue weighted by molar-refractivity contribution is -0.125. The minimum atomic E-state index is -0.857. The lowest BCUT2D eigenvalue weighted by Gasteiger charge is -2.23. The number of nitrogens with one attached hydrogen (secondary N) is 2. The van der Waals surface area contributed by atoms with Gasteiger partial charge in [-0.25, -0.2) is 8.78 Å². The predicted octanol–water partition coefficient (Wildman–Crippen LogP) is 3.10. The number of carbonyl (C=O) groups excluding carboxylic acids is 1. The first-order valence-electron chi connectivity index (χ1n) is 8.84. The molecule has 1 amide bonds. The van der Waals surface area contributed by atoms with E-state index >= 15 is 0 Å². The maximum atomic E-state index is 13.4. The van der Waals surface area contributed by atoms with E-state index in [-0.39, 0.29) is 18.0 Å². The van der Waals surface area contributed by atoms with E-state index in [2.05, 4.69) is 15.5 Å². The Morgan fingerprint density at radius 2 is 2.00 bits per heavy atom. The smallest absolute Gasteiger partial charge is 0.237 e. The molecule has 0 unspecified atom stereocenters. The molecule has 0 spiro atoms. The maximum Gasteiger partial charge on any atom is 0.237 e. The monoisotopic (exact) mass is 393 g/mol. The summed E-state index contributed by atoms with van der Waals surface area (Å²) in [5.41, 5.74) is 1.63. The summed E-state index contributed by atoms with van der Waals surface area (Å²) in [6, 6.07) is 11.2. The van der Waals surface area contributed by atoms with E-state index in [0.29, 0.717) is 36.6 Å². The second-order valence-electron chi connectivity index (χ2n) is 6.71.